The van der Waals surface area contributed by atoms with Crippen LogP contribution in [0.15, 0.2) is 28.2 Å². The number of carbonyl (C=O) groups excluding carboxylic acids is 1. The van der Waals surface area contributed by atoms with Gasteiger partial charge in [-0.2, -0.15) is 0 Å². The molecule has 1 amide bonds. The predicted molar refractivity (Wildman–Crippen MR) is 76.0 cm³/mol. The predicted octanol–water partition coefficient (Wildman–Crippen LogP) is 1.91. The van der Waals surface area contributed by atoms with Crippen molar-refractivity contribution in [3.63, 3.8) is 0 Å². The molecule has 2 heterocycles. The summed E-state index contributed by atoms with van der Waals surface area (Å²) in [6.45, 7) is 0. The lowest BCUT2D eigenvalue weighted by Gasteiger charge is -2.20. The Kier molecular flexibility index (Phi) is 4.42. The first-order valence-corrected chi connectivity index (χ1v) is 6.81. The number of imidazole rings is 1. The van der Waals surface area contributed by atoms with Gasteiger partial charge in [0.1, 0.15) is 5.69 Å². The fourth-order valence-corrected chi connectivity index (χ4v) is 2.18. The quantitative estimate of drug-likeness (QED) is 0.674. The molecule has 5 nitrogen and oxygen atoms in total. The molecule has 98 valence electrons. The van der Waals surface area contributed by atoms with Gasteiger partial charge in [0.15, 0.2) is 5.16 Å². The number of aromatic nitrogens is 2. The van der Waals surface area contributed by atoms with Gasteiger partial charge >= 0.3 is 0 Å². The number of carbonyl (C=O) groups is 1. The molecule has 0 spiro atoms. The summed E-state index contributed by atoms with van der Waals surface area (Å²) in [5.74, 6) is 2.91. The average Bonchev–Trinajstić information content (AvgIpc) is 2.93. The highest BCUT2D eigenvalue weighted by Gasteiger charge is 2.18. The van der Waals surface area contributed by atoms with Gasteiger partial charge in [0.25, 0.3) is 5.91 Å². The van der Waals surface area contributed by atoms with E-state index in [4.69, 9.17) is 6.42 Å². The Labute approximate surface area is 116 Å². The van der Waals surface area contributed by atoms with Gasteiger partial charge in [-0.05, 0) is 12.8 Å². The third-order valence-electron chi connectivity index (χ3n) is 2.67. The average molecular weight is 274 g/mol. The summed E-state index contributed by atoms with van der Waals surface area (Å²) in [5.41, 5.74) is 1.36. The maximum Gasteiger partial charge on any atom is 0.275 e. The van der Waals surface area contributed by atoms with Crippen LogP contribution < -0.4 is 0 Å². The maximum atomic E-state index is 12.2. The van der Waals surface area contributed by atoms with Crippen LogP contribution in [0.3, 0.4) is 0 Å². The van der Waals surface area contributed by atoms with Crippen LogP contribution in [0.2, 0.25) is 0 Å². The van der Waals surface area contributed by atoms with Crippen molar-refractivity contribution in [3.05, 3.63) is 23.8 Å². The van der Waals surface area contributed by atoms with E-state index >= 15 is 0 Å². The number of aromatic amines is 1. The molecule has 1 aliphatic heterocycles. The zero-order valence-electron chi connectivity index (χ0n) is 10.6. The number of allylic oxidation sites excluding steroid dienone is 1. The van der Waals surface area contributed by atoms with Crippen LogP contribution in [0.25, 0.3) is 0 Å². The van der Waals surface area contributed by atoms with Gasteiger partial charge < -0.3 is 9.88 Å². The van der Waals surface area contributed by atoms with E-state index < -0.39 is 0 Å². The normalized spacial score (nSPS) is 13.8. The lowest BCUT2D eigenvalue weighted by Crippen LogP contribution is -2.27. The van der Waals surface area contributed by atoms with Crippen molar-refractivity contribution in [1.82, 2.24) is 14.9 Å². The van der Waals surface area contributed by atoms with Gasteiger partial charge in [-0.15, -0.1) is 6.42 Å². The summed E-state index contributed by atoms with van der Waals surface area (Å²) >= 11 is 1.39. The van der Waals surface area contributed by atoms with Crippen molar-refractivity contribution in [3.8, 4) is 12.3 Å². The van der Waals surface area contributed by atoms with Gasteiger partial charge in [0.2, 0.25) is 0 Å². The molecule has 2 rings (SSSR count). The smallest absolute Gasteiger partial charge is 0.275 e. The van der Waals surface area contributed by atoms with E-state index in [1.165, 1.54) is 18.0 Å². The molecule has 6 heteroatoms. The third kappa shape index (κ3) is 3.26. The third-order valence-corrected chi connectivity index (χ3v) is 3.46. The molecule has 0 aliphatic carbocycles. The van der Waals surface area contributed by atoms with Crippen LogP contribution in [0.4, 0.5) is 0 Å². The van der Waals surface area contributed by atoms with Gasteiger partial charge in [0.05, 0.1) is 11.9 Å². The molecule has 1 aromatic heterocycles. The first-order valence-electron chi connectivity index (χ1n) is 5.82. The van der Waals surface area contributed by atoms with Crippen molar-refractivity contribution in [2.24, 2.45) is 4.99 Å². The number of H-pyrrole nitrogens is 1. The maximum absolute atomic E-state index is 12.2. The molecule has 0 aromatic carbocycles. The number of rotatable bonds is 4. The molecule has 0 saturated carbocycles. The van der Waals surface area contributed by atoms with E-state index in [-0.39, 0.29) is 5.91 Å². The minimum Gasteiger partial charge on any atom is -0.329 e. The van der Waals surface area contributed by atoms with E-state index in [1.807, 2.05) is 6.21 Å². The number of amides is 1. The van der Waals surface area contributed by atoms with E-state index in [2.05, 4.69) is 20.9 Å². The highest BCUT2D eigenvalue weighted by atomic mass is 32.2. The van der Waals surface area contributed by atoms with Gasteiger partial charge in [-0.3, -0.25) is 9.79 Å². The van der Waals surface area contributed by atoms with Crippen molar-refractivity contribution < 1.29 is 4.79 Å². The lowest BCUT2D eigenvalue weighted by atomic mass is 10.2. The van der Waals surface area contributed by atoms with Crippen LogP contribution in [0, 0.1) is 12.3 Å². The topological polar surface area (TPSA) is 61.4 Å². The molecular weight excluding hydrogens is 260 g/mol. The van der Waals surface area contributed by atoms with Crippen LogP contribution in [0.5, 0.6) is 0 Å². The molecule has 19 heavy (non-hydrogen) atoms. The molecule has 0 radical (unpaired) electrons. The monoisotopic (exact) mass is 274 g/mol. The van der Waals surface area contributed by atoms with E-state index in [0.717, 1.165) is 18.5 Å². The molecule has 0 bridgehead atoms. The Morgan fingerprint density at radius 2 is 2.53 bits per heavy atom. The molecular formula is C13H14N4OS. The second-order valence-corrected chi connectivity index (χ2v) is 4.91. The number of hydrogen-bond acceptors (Lipinski definition) is 4. The lowest BCUT2D eigenvalue weighted by molar-refractivity contribution is 0.0826. The Balaban J connectivity index is 2.06. The molecule has 1 aromatic rings. The Hall–Kier alpha value is -2.00. The van der Waals surface area contributed by atoms with E-state index in [9.17, 15) is 4.79 Å². The zero-order valence-corrected chi connectivity index (χ0v) is 11.4. The number of thioether (sulfide) groups is 1. The summed E-state index contributed by atoms with van der Waals surface area (Å²) in [5, 5.41) is 0.658. The summed E-state index contributed by atoms with van der Waals surface area (Å²) in [4.78, 5) is 25.0. The van der Waals surface area contributed by atoms with Gasteiger partial charge in [0, 0.05) is 25.2 Å². The van der Waals surface area contributed by atoms with Crippen LogP contribution in [-0.2, 0) is 0 Å². The molecule has 1 N–H and O–H groups in total. The number of hydrogen-bond donors (Lipinski definition) is 1. The van der Waals surface area contributed by atoms with Gasteiger partial charge in [-0.25, -0.2) is 4.98 Å². The Bertz CT molecular complexity index is 567. The number of terminal acetylenes is 1. The number of nitrogens with zero attached hydrogens (tertiary/aromatic N) is 3. The van der Waals surface area contributed by atoms with Crippen molar-refractivity contribution in [2.75, 3.05) is 12.8 Å². The van der Waals surface area contributed by atoms with Crippen LogP contribution in [0.1, 0.15) is 23.3 Å². The van der Waals surface area contributed by atoms with E-state index in [1.54, 1.807) is 18.1 Å². The SMILES string of the molecule is C#CCSc1ncc(C(=O)N(C)C2=CN=CCC2)[nH]1. The van der Waals surface area contributed by atoms with Crippen molar-refractivity contribution in [2.45, 2.75) is 18.0 Å². The molecule has 0 unspecified atom stereocenters. The largest absolute Gasteiger partial charge is 0.329 e. The highest BCUT2D eigenvalue weighted by molar-refractivity contribution is 7.99. The summed E-state index contributed by atoms with van der Waals surface area (Å²) in [6, 6.07) is 0. The fourth-order valence-electron chi connectivity index (χ4n) is 1.65. The number of aliphatic imine (C=N–C) groups is 1. The van der Waals surface area contributed by atoms with Crippen LogP contribution in [-0.4, -0.2) is 39.8 Å². The minimum absolute atomic E-state index is 0.122. The first-order chi connectivity index (χ1) is 9.22. The molecule has 0 saturated heterocycles. The summed E-state index contributed by atoms with van der Waals surface area (Å²) in [7, 11) is 1.74. The van der Waals surface area contributed by atoms with E-state index in [0.29, 0.717) is 16.6 Å². The second kappa shape index (κ2) is 6.25. The molecule has 0 fully saturated rings. The standard InChI is InChI=1S/C13H14N4OS/c1-3-7-19-13-15-9-11(16-13)12(18)17(2)10-5-4-6-14-8-10/h1,6,8-9H,4-5,7H2,2H3,(H,15,16). The summed E-state index contributed by atoms with van der Waals surface area (Å²) in [6.07, 6.45) is 11.9. The zero-order chi connectivity index (χ0) is 13.7. The highest BCUT2D eigenvalue weighted by Crippen LogP contribution is 2.17. The minimum atomic E-state index is -0.122. The van der Waals surface area contributed by atoms with Crippen molar-refractivity contribution in [1.29, 1.82) is 0 Å². The summed E-state index contributed by atoms with van der Waals surface area (Å²) < 4.78 is 0. The fraction of sp³-hybridized carbons (Fsp3) is 0.308. The van der Waals surface area contributed by atoms with Crippen molar-refractivity contribution >= 4 is 23.9 Å². The van der Waals surface area contributed by atoms with Gasteiger partial charge in [-0.1, -0.05) is 17.7 Å². The Morgan fingerprint density at radius 1 is 1.68 bits per heavy atom. The second-order valence-electron chi connectivity index (χ2n) is 3.95. The Morgan fingerprint density at radius 3 is 3.21 bits per heavy atom. The first kappa shape index (κ1) is 13.4. The van der Waals surface area contributed by atoms with Crippen LogP contribution >= 0.6 is 11.8 Å². The molecule has 1 aliphatic rings. The number of nitrogens with one attached hydrogen (secondary N) is 1. The molecule has 0 atom stereocenters.